The molecule has 3 aromatic heterocycles. The maximum absolute atomic E-state index is 4.80. The first-order valence-corrected chi connectivity index (χ1v) is 19.1. The summed E-state index contributed by atoms with van der Waals surface area (Å²) in [5, 5.41) is 4.91. The fourth-order valence-corrected chi connectivity index (χ4v) is 9.65. The predicted octanol–water partition coefficient (Wildman–Crippen LogP) is 13.0. The molecular weight excluding hydrogens is 655 g/mol. The van der Waals surface area contributed by atoms with Gasteiger partial charge in [0.05, 0.1) is 22.1 Å². The summed E-state index contributed by atoms with van der Waals surface area (Å²) >= 11 is 0. The van der Waals surface area contributed by atoms with Gasteiger partial charge in [-0.15, -0.1) is 0 Å². The Morgan fingerprint density at radius 3 is 1.96 bits per heavy atom. The van der Waals surface area contributed by atoms with E-state index in [4.69, 9.17) is 6.58 Å². The first-order chi connectivity index (χ1) is 26.5. The zero-order valence-electron chi connectivity index (χ0n) is 31.1. The van der Waals surface area contributed by atoms with E-state index in [1.807, 2.05) is 6.08 Å². The molecule has 0 unspecified atom stereocenters. The van der Waals surface area contributed by atoms with Gasteiger partial charge in [0.1, 0.15) is 0 Å². The van der Waals surface area contributed by atoms with E-state index >= 15 is 0 Å². The van der Waals surface area contributed by atoms with Crippen molar-refractivity contribution in [2.45, 2.75) is 39.2 Å². The molecule has 0 saturated heterocycles. The smallest absolute Gasteiger partial charge is 0.214 e. The third kappa shape index (κ3) is 4.33. The molecular formula is C51H42N3+. The van der Waals surface area contributed by atoms with Crippen LogP contribution in [0.15, 0.2) is 159 Å². The molecule has 1 aliphatic rings. The van der Waals surface area contributed by atoms with Crippen molar-refractivity contribution < 1.29 is 4.57 Å². The van der Waals surface area contributed by atoms with Crippen molar-refractivity contribution in [2.24, 2.45) is 0 Å². The van der Waals surface area contributed by atoms with E-state index in [0.717, 1.165) is 29.8 Å². The molecule has 0 bridgehead atoms. The van der Waals surface area contributed by atoms with Crippen LogP contribution >= 0.6 is 0 Å². The van der Waals surface area contributed by atoms with Gasteiger partial charge in [-0.1, -0.05) is 112 Å². The normalized spacial score (nSPS) is 13.5. The highest BCUT2D eigenvalue weighted by molar-refractivity contribution is 6.20. The molecule has 0 spiro atoms. The molecule has 0 atom stereocenters. The number of fused-ring (bicyclic) bond motifs is 10. The fourth-order valence-electron chi connectivity index (χ4n) is 9.65. The van der Waals surface area contributed by atoms with Crippen LogP contribution in [0, 0.1) is 6.92 Å². The van der Waals surface area contributed by atoms with Gasteiger partial charge in [-0.2, -0.15) is 4.57 Å². The minimum absolute atomic E-state index is 0.185. The Balaban J connectivity index is 1.25. The van der Waals surface area contributed by atoms with Gasteiger partial charge >= 0.3 is 0 Å². The quantitative estimate of drug-likeness (QED) is 0.154. The molecule has 0 N–H and O–H groups in total. The largest absolute Gasteiger partial charge is 0.311 e. The molecule has 1 aliphatic heterocycles. The molecule has 9 aromatic rings. The van der Waals surface area contributed by atoms with E-state index in [1.54, 1.807) is 0 Å². The van der Waals surface area contributed by atoms with Gasteiger partial charge in [-0.25, -0.2) is 0 Å². The second-order valence-corrected chi connectivity index (χ2v) is 14.7. The minimum Gasteiger partial charge on any atom is -0.311 e. The van der Waals surface area contributed by atoms with Crippen LogP contribution in [0.25, 0.3) is 89.0 Å². The van der Waals surface area contributed by atoms with Crippen molar-refractivity contribution >= 4 is 55.3 Å². The Morgan fingerprint density at radius 1 is 0.611 bits per heavy atom. The summed E-state index contributed by atoms with van der Waals surface area (Å²) in [6.45, 7) is 15.9. The van der Waals surface area contributed by atoms with Crippen molar-refractivity contribution in [3.05, 3.63) is 176 Å². The Morgan fingerprint density at radius 2 is 1.24 bits per heavy atom. The standard InChI is InChI=1S/C51H42N3/c1-6-40-34(5)52(38-18-11-9-12-19-38)49-42(40)27-28-43-45-32-37(25-29-47(45)53(50(43)49)39-20-13-10-14-21-39)36-23-26-41-33(4)51(7-2,8-3)54-46-22-16-15-17-35(46)24-30-48(54)44(41)31-36/h6,9-32H,1,4,7-8H2,2-3,5H3/q+1. The third-order valence-corrected chi connectivity index (χ3v) is 12.3. The van der Waals surface area contributed by atoms with Crippen LogP contribution < -0.4 is 4.57 Å². The molecule has 0 saturated carbocycles. The maximum atomic E-state index is 4.80. The minimum atomic E-state index is -0.185. The molecule has 0 aliphatic carbocycles. The summed E-state index contributed by atoms with van der Waals surface area (Å²) in [5.74, 6) is 0. The molecule has 6 aromatic carbocycles. The number of allylic oxidation sites excluding steroid dienone is 1. The van der Waals surface area contributed by atoms with Gasteiger partial charge < -0.3 is 9.13 Å². The van der Waals surface area contributed by atoms with E-state index in [1.165, 1.54) is 82.8 Å². The van der Waals surface area contributed by atoms with E-state index in [9.17, 15) is 0 Å². The number of nitrogens with zero attached hydrogens (tertiary/aromatic N) is 3. The van der Waals surface area contributed by atoms with Crippen molar-refractivity contribution in [3.8, 4) is 33.8 Å². The van der Waals surface area contributed by atoms with Crippen LogP contribution in [0.4, 0.5) is 0 Å². The summed E-state index contributed by atoms with van der Waals surface area (Å²) in [5.41, 5.74) is 16.6. The monoisotopic (exact) mass is 696 g/mol. The summed E-state index contributed by atoms with van der Waals surface area (Å²) in [6.07, 6.45) is 3.96. The molecule has 0 amide bonds. The zero-order valence-corrected chi connectivity index (χ0v) is 31.1. The lowest BCUT2D eigenvalue weighted by atomic mass is 9.75. The first kappa shape index (κ1) is 32.2. The predicted molar refractivity (Wildman–Crippen MR) is 229 cm³/mol. The van der Waals surface area contributed by atoms with Gasteiger partial charge in [0.15, 0.2) is 5.54 Å². The van der Waals surface area contributed by atoms with E-state index in [2.05, 4.69) is 187 Å². The lowest BCUT2D eigenvalue weighted by Crippen LogP contribution is -2.59. The average molecular weight is 697 g/mol. The van der Waals surface area contributed by atoms with Crippen molar-refractivity contribution in [1.82, 2.24) is 9.13 Å². The summed E-state index contributed by atoms with van der Waals surface area (Å²) < 4.78 is 7.45. The summed E-state index contributed by atoms with van der Waals surface area (Å²) in [4.78, 5) is 0. The van der Waals surface area contributed by atoms with Gasteiger partial charge in [0, 0.05) is 74.7 Å². The van der Waals surface area contributed by atoms with Crippen molar-refractivity contribution in [3.63, 3.8) is 0 Å². The summed E-state index contributed by atoms with van der Waals surface area (Å²) in [6, 6.07) is 53.5. The molecule has 3 nitrogen and oxygen atoms in total. The summed E-state index contributed by atoms with van der Waals surface area (Å²) in [7, 11) is 0. The van der Waals surface area contributed by atoms with Gasteiger partial charge in [-0.05, 0) is 78.2 Å². The van der Waals surface area contributed by atoms with Crippen molar-refractivity contribution in [2.75, 3.05) is 0 Å². The topological polar surface area (TPSA) is 13.7 Å². The SMILES string of the molecule is C=Cc1c(C)n(-c2ccccc2)c2c1ccc1c3cc(-c4ccc5c(c4)-c4ccc6ccccc6[n+]4C(CC)(CC)C5=C)ccc3n(-c3ccccc3)c12. The lowest BCUT2D eigenvalue weighted by Gasteiger charge is -2.35. The van der Waals surface area contributed by atoms with E-state index in [-0.39, 0.29) is 5.54 Å². The van der Waals surface area contributed by atoms with Crippen LogP contribution in [0.5, 0.6) is 0 Å². The van der Waals surface area contributed by atoms with E-state index < -0.39 is 0 Å². The number of rotatable bonds is 6. The van der Waals surface area contributed by atoms with Crippen LogP contribution in [-0.4, -0.2) is 9.13 Å². The molecule has 10 rings (SSSR count). The Bertz CT molecular complexity index is 2990. The highest BCUT2D eigenvalue weighted by Gasteiger charge is 2.48. The second-order valence-electron chi connectivity index (χ2n) is 14.7. The van der Waals surface area contributed by atoms with E-state index in [0.29, 0.717) is 0 Å². The second kappa shape index (κ2) is 12.0. The van der Waals surface area contributed by atoms with Crippen LogP contribution in [-0.2, 0) is 5.54 Å². The maximum Gasteiger partial charge on any atom is 0.214 e. The number of hydrogen-bond donors (Lipinski definition) is 0. The van der Waals surface area contributed by atoms with Crippen molar-refractivity contribution in [1.29, 1.82) is 0 Å². The number of pyridine rings is 1. The van der Waals surface area contributed by atoms with Crippen LogP contribution in [0.1, 0.15) is 43.5 Å². The Labute approximate surface area is 316 Å². The third-order valence-electron chi connectivity index (χ3n) is 12.3. The number of para-hydroxylation sites is 3. The molecule has 3 heteroatoms. The van der Waals surface area contributed by atoms with Gasteiger partial charge in [0.25, 0.3) is 0 Å². The Kier molecular flexibility index (Phi) is 7.19. The molecule has 0 fully saturated rings. The molecule has 260 valence electrons. The number of hydrogen-bond acceptors (Lipinski definition) is 0. The van der Waals surface area contributed by atoms with Gasteiger partial charge in [0.2, 0.25) is 11.2 Å². The molecule has 54 heavy (non-hydrogen) atoms. The highest BCUT2D eigenvalue weighted by Crippen LogP contribution is 2.47. The number of aromatic nitrogens is 3. The first-order valence-electron chi connectivity index (χ1n) is 19.1. The highest BCUT2D eigenvalue weighted by atomic mass is 15.1. The average Bonchev–Trinajstić information content (AvgIpc) is 3.72. The zero-order chi connectivity index (χ0) is 36.7. The van der Waals surface area contributed by atoms with Crippen LogP contribution in [0.2, 0.25) is 0 Å². The number of benzene rings is 6. The Hall–Kier alpha value is -6.45. The fraction of sp³-hybridized carbons (Fsp3) is 0.118. The van der Waals surface area contributed by atoms with Crippen LogP contribution in [0.3, 0.4) is 0 Å². The van der Waals surface area contributed by atoms with Gasteiger partial charge in [-0.3, -0.25) is 0 Å². The molecule has 0 radical (unpaired) electrons. The molecule has 4 heterocycles. The lowest BCUT2D eigenvalue weighted by molar-refractivity contribution is -0.718.